The molecule has 0 bridgehead atoms. The van der Waals surface area contributed by atoms with E-state index in [1.807, 2.05) is 24.3 Å². The van der Waals surface area contributed by atoms with Crippen LogP contribution in [-0.2, 0) is 10.0 Å². The predicted octanol–water partition coefficient (Wildman–Crippen LogP) is 2.09. The lowest BCUT2D eigenvalue weighted by atomic mass is 10.2. The molecule has 0 spiro atoms. The van der Waals surface area contributed by atoms with E-state index in [1.165, 1.54) is 3.97 Å². The number of hydrogen-bond acceptors (Lipinski definition) is 6. The number of nitrogens with zero attached hydrogens (tertiary/aromatic N) is 2. The summed E-state index contributed by atoms with van der Waals surface area (Å²) >= 11 is 0. The molecule has 5 rings (SSSR count). The molecule has 0 unspecified atom stereocenters. The molecule has 7 nitrogen and oxygen atoms in total. The zero-order valence-corrected chi connectivity index (χ0v) is 16.2. The predicted molar refractivity (Wildman–Crippen MR) is 110 cm³/mol. The number of nitrogens with one attached hydrogen (secondary N) is 2. The van der Waals surface area contributed by atoms with Crippen molar-refractivity contribution in [3.63, 3.8) is 0 Å². The zero-order valence-electron chi connectivity index (χ0n) is 15.4. The van der Waals surface area contributed by atoms with Crippen molar-refractivity contribution in [1.82, 2.24) is 9.29 Å². The number of rotatable bonds is 3. The normalized spacial score (nSPS) is 17.1. The Hall–Kier alpha value is -2.71. The maximum Gasteiger partial charge on any atom is 0.271 e. The third-order valence-electron chi connectivity index (χ3n) is 5.31. The van der Waals surface area contributed by atoms with Crippen molar-refractivity contribution in [1.29, 1.82) is 0 Å². The SMILES string of the molecule is O=S(=O)(c1cccc2c1OCCN2)n1ccc2c(N3CCNCC3)cccc21. The van der Waals surface area contributed by atoms with Crippen LogP contribution in [0.25, 0.3) is 10.9 Å². The summed E-state index contributed by atoms with van der Waals surface area (Å²) in [6, 6.07) is 12.9. The average Bonchev–Trinajstić information content (AvgIpc) is 3.19. The fraction of sp³-hybridized carbons (Fsp3) is 0.300. The highest BCUT2D eigenvalue weighted by molar-refractivity contribution is 7.90. The first-order chi connectivity index (χ1) is 13.7. The molecule has 1 aromatic heterocycles. The monoisotopic (exact) mass is 398 g/mol. The van der Waals surface area contributed by atoms with Crippen LogP contribution in [0.4, 0.5) is 11.4 Å². The minimum atomic E-state index is -3.79. The summed E-state index contributed by atoms with van der Waals surface area (Å²) in [5, 5.41) is 7.49. The van der Waals surface area contributed by atoms with Gasteiger partial charge in [0.25, 0.3) is 10.0 Å². The van der Waals surface area contributed by atoms with Gasteiger partial charge in [0, 0.05) is 50.0 Å². The number of hydrogen-bond donors (Lipinski definition) is 2. The van der Waals surface area contributed by atoms with E-state index >= 15 is 0 Å². The molecule has 2 aliphatic heterocycles. The summed E-state index contributed by atoms with van der Waals surface area (Å²) in [6.45, 7) is 4.77. The van der Waals surface area contributed by atoms with Gasteiger partial charge < -0.3 is 20.3 Å². The molecule has 0 saturated carbocycles. The summed E-state index contributed by atoms with van der Waals surface area (Å²) < 4.78 is 34.1. The van der Waals surface area contributed by atoms with Crippen LogP contribution in [-0.4, -0.2) is 51.7 Å². The zero-order chi connectivity index (χ0) is 19.1. The molecule has 2 aliphatic rings. The average molecular weight is 398 g/mol. The van der Waals surface area contributed by atoms with Crippen molar-refractivity contribution in [3.05, 3.63) is 48.7 Å². The molecule has 0 amide bonds. The lowest BCUT2D eigenvalue weighted by molar-refractivity contribution is 0.314. The van der Waals surface area contributed by atoms with Crippen LogP contribution in [0.1, 0.15) is 0 Å². The maximum absolute atomic E-state index is 13.5. The second kappa shape index (κ2) is 6.72. The second-order valence-electron chi connectivity index (χ2n) is 6.97. The Bertz CT molecular complexity index is 1130. The number of aromatic nitrogens is 1. The fourth-order valence-corrected chi connectivity index (χ4v) is 5.47. The Labute approximate surface area is 164 Å². The van der Waals surface area contributed by atoms with E-state index in [0.717, 1.165) is 37.3 Å². The van der Waals surface area contributed by atoms with E-state index in [4.69, 9.17) is 4.74 Å². The Morgan fingerprint density at radius 3 is 2.64 bits per heavy atom. The van der Waals surface area contributed by atoms with Gasteiger partial charge >= 0.3 is 0 Å². The Balaban J connectivity index is 1.64. The second-order valence-corrected chi connectivity index (χ2v) is 8.76. The van der Waals surface area contributed by atoms with Gasteiger partial charge in [-0.2, -0.15) is 0 Å². The fourth-order valence-electron chi connectivity index (χ4n) is 3.97. The van der Waals surface area contributed by atoms with Crippen LogP contribution >= 0.6 is 0 Å². The first-order valence-electron chi connectivity index (χ1n) is 9.47. The van der Waals surface area contributed by atoms with E-state index in [1.54, 1.807) is 18.3 Å². The highest BCUT2D eigenvalue weighted by atomic mass is 32.2. The van der Waals surface area contributed by atoms with Gasteiger partial charge in [0.1, 0.15) is 11.5 Å². The molecular formula is C20H22N4O3S. The molecular weight excluding hydrogens is 376 g/mol. The summed E-state index contributed by atoms with van der Waals surface area (Å²) in [5.41, 5.74) is 2.46. The van der Waals surface area contributed by atoms with E-state index in [-0.39, 0.29) is 4.90 Å². The highest BCUT2D eigenvalue weighted by Gasteiger charge is 2.27. The summed E-state index contributed by atoms with van der Waals surface area (Å²) in [6.07, 6.45) is 1.64. The number of piperazine rings is 1. The van der Waals surface area contributed by atoms with Crippen molar-refractivity contribution >= 4 is 32.3 Å². The van der Waals surface area contributed by atoms with Gasteiger partial charge in [-0.3, -0.25) is 0 Å². The van der Waals surface area contributed by atoms with E-state index in [2.05, 4.69) is 21.6 Å². The molecule has 3 aromatic rings. The van der Waals surface area contributed by atoms with Gasteiger partial charge in [0.05, 0.1) is 11.2 Å². The molecule has 1 saturated heterocycles. The van der Waals surface area contributed by atoms with Crippen LogP contribution in [0.3, 0.4) is 0 Å². The van der Waals surface area contributed by atoms with Gasteiger partial charge in [-0.1, -0.05) is 12.1 Å². The van der Waals surface area contributed by atoms with Crippen molar-refractivity contribution in [3.8, 4) is 5.75 Å². The Morgan fingerprint density at radius 1 is 0.964 bits per heavy atom. The summed E-state index contributed by atoms with van der Waals surface area (Å²) in [4.78, 5) is 2.48. The number of ether oxygens (including phenoxy) is 1. The Morgan fingerprint density at radius 2 is 1.79 bits per heavy atom. The molecule has 28 heavy (non-hydrogen) atoms. The number of para-hydroxylation sites is 1. The molecule has 3 heterocycles. The lowest BCUT2D eigenvalue weighted by Gasteiger charge is -2.30. The van der Waals surface area contributed by atoms with E-state index in [9.17, 15) is 8.42 Å². The van der Waals surface area contributed by atoms with Crippen molar-refractivity contribution in [2.75, 3.05) is 49.5 Å². The maximum atomic E-state index is 13.5. The number of anilines is 2. The molecule has 2 N–H and O–H groups in total. The van der Waals surface area contributed by atoms with Crippen molar-refractivity contribution in [2.24, 2.45) is 0 Å². The Kier molecular flexibility index (Phi) is 4.17. The smallest absolute Gasteiger partial charge is 0.271 e. The quantitative estimate of drug-likeness (QED) is 0.704. The highest BCUT2D eigenvalue weighted by Crippen LogP contribution is 2.37. The van der Waals surface area contributed by atoms with Crippen molar-refractivity contribution < 1.29 is 13.2 Å². The number of benzene rings is 2. The van der Waals surface area contributed by atoms with E-state index in [0.29, 0.717) is 30.1 Å². The largest absolute Gasteiger partial charge is 0.488 e. The molecule has 0 aliphatic carbocycles. The van der Waals surface area contributed by atoms with Gasteiger partial charge in [-0.15, -0.1) is 0 Å². The van der Waals surface area contributed by atoms with E-state index < -0.39 is 10.0 Å². The van der Waals surface area contributed by atoms with Crippen molar-refractivity contribution in [2.45, 2.75) is 4.90 Å². The van der Waals surface area contributed by atoms with Crippen LogP contribution in [0.5, 0.6) is 5.75 Å². The first-order valence-corrected chi connectivity index (χ1v) is 10.9. The molecule has 8 heteroatoms. The third kappa shape index (κ3) is 2.71. The standard InChI is InChI=1S/C20H22N4O3S/c25-28(26,19-6-1-3-16-20(19)27-14-10-22-16)24-11-7-15-17(4-2-5-18(15)24)23-12-8-21-9-13-23/h1-7,11,21-22H,8-10,12-14H2. The lowest BCUT2D eigenvalue weighted by Crippen LogP contribution is -2.43. The minimum absolute atomic E-state index is 0.183. The first kappa shape index (κ1) is 17.4. The van der Waals surface area contributed by atoms with Crippen LogP contribution in [0, 0.1) is 0 Å². The molecule has 0 radical (unpaired) electrons. The van der Waals surface area contributed by atoms with Crippen LogP contribution in [0.2, 0.25) is 0 Å². The van der Waals surface area contributed by atoms with Crippen LogP contribution < -0.4 is 20.3 Å². The minimum Gasteiger partial charge on any atom is -0.488 e. The molecule has 146 valence electrons. The molecule has 1 fully saturated rings. The van der Waals surface area contributed by atoms with Gasteiger partial charge in [-0.25, -0.2) is 12.4 Å². The molecule has 0 atom stereocenters. The van der Waals surface area contributed by atoms with Gasteiger partial charge in [0.2, 0.25) is 0 Å². The number of fused-ring (bicyclic) bond motifs is 2. The summed E-state index contributed by atoms with van der Waals surface area (Å²) in [7, 11) is -3.79. The summed E-state index contributed by atoms with van der Waals surface area (Å²) in [5.74, 6) is 0.397. The van der Waals surface area contributed by atoms with Gasteiger partial charge in [-0.05, 0) is 30.3 Å². The van der Waals surface area contributed by atoms with Gasteiger partial charge in [0.15, 0.2) is 5.75 Å². The third-order valence-corrected chi connectivity index (χ3v) is 7.03. The molecule has 2 aromatic carbocycles. The topological polar surface area (TPSA) is 75.6 Å². The van der Waals surface area contributed by atoms with Crippen LogP contribution in [0.15, 0.2) is 53.6 Å².